The first-order valence-corrected chi connectivity index (χ1v) is 12.3. The van der Waals surface area contributed by atoms with E-state index in [1.165, 1.54) is 17.4 Å². The number of hydrogen-bond donors (Lipinski definition) is 1. The van der Waals surface area contributed by atoms with E-state index >= 15 is 0 Å². The summed E-state index contributed by atoms with van der Waals surface area (Å²) in [5, 5.41) is 3.27. The van der Waals surface area contributed by atoms with Gasteiger partial charge in [-0.15, -0.1) is 15.7 Å². The van der Waals surface area contributed by atoms with Gasteiger partial charge >= 0.3 is 5.97 Å². The SMILES string of the molecule is CCOC(=O)c1c(NC(=O)C2=CC=CN3CCS(=O)(=O)N=C23)sc2c1CC[C@@H](C)C2. The molecule has 0 bridgehead atoms. The first kappa shape index (κ1) is 20.8. The summed E-state index contributed by atoms with van der Waals surface area (Å²) in [6, 6.07) is 0. The van der Waals surface area contributed by atoms with Crippen molar-refractivity contribution >= 4 is 44.1 Å². The highest BCUT2D eigenvalue weighted by molar-refractivity contribution is 7.90. The van der Waals surface area contributed by atoms with Crippen LogP contribution in [0.25, 0.3) is 0 Å². The van der Waals surface area contributed by atoms with Gasteiger partial charge < -0.3 is 15.0 Å². The Kier molecular flexibility index (Phi) is 5.54. The summed E-state index contributed by atoms with van der Waals surface area (Å²) >= 11 is 1.39. The van der Waals surface area contributed by atoms with Gasteiger partial charge in [-0.25, -0.2) is 13.2 Å². The molecule has 1 aliphatic carbocycles. The second kappa shape index (κ2) is 7.99. The van der Waals surface area contributed by atoms with Crippen molar-refractivity contribution in [3.63, 3.8) is 0 Å². The minimum absolute atomic E-state index is 0.0986. The van der Waals surface area contributed by atoms with Crippen LogP contribution in [0.2, 0.25) is 0 Å². The number of esters is 1. The van der Waals surface area contributed by atoms with Crippen molar-refractivity contribution in [3.05, 3.63) is 39.9 Å². The molecule has 0 fully saturated rings. The van der Waals surface area contributed by atoms with Gasteiger partial charge in [0.15, 0.2) is 5.84 Å². The monoisotopic (exact) mass is 449 g/mol. The van der Waals surface area contributed by atoms with E-state index in [4.69, 9.17) is 4.74 Å². The summed E-state index contributed by atoms with van der Waals surface area (Å²) in [6.07, 6.45) is 7.50. The first-order valence-electron chi connectivity index (χ1n) is 9.90. The third-order valence-corrected chi connectivity index (χ3v) is 7.64. The molecule has 10 heteroatoms. The number of carbonyl (C=O) groups excluding carboxylic acids is 2. The molecule has 2 aliphatic heterocycles. The topological polar surface area (TPSA) is 105 Å². The molecule has 1 aromatic rings. The molecule has 0 aromatic carbocycles. The molecule has 0 radical (unpaired) electrons. The van der Waals surface area contributed by atoms with Crippen LogP contribution in [0.3, 0.4) is 0 Å². The minimum Gasteiger partial charge on any atom is -0.462 e. The summed E-state index contributed by atoms with van der Waals surface area (Å²) < 4.78 is 32.9. The maximum atomic E-state index is 13.1. The third kappa shape index (κ3) is 3.93. The average molecular weight is 450 g/mol. The van der Waals surface area contributed by atoms with Gasteiger partial charge in [-0.3, -0.25) is 4.79 Å². The largest absolute Gasteiger partial charge is 0.462 e. The number of hydrogen-bond acceptors (Lipinski definition) is 7. The highest BCUT2D eigenvalue weighted by atomic mass is 32.2. The molecule has 160 valence electrons. The van der Waals surface area contributed by atoms with Crippen LogP contribution in [0.15, 0.2) is 28.3 Å². The standard InChI is InChI=1S/C20H23N3O5S2/c1-3-28-20(25)16-13-7-6-12(2)11-15(13)29-19(16)21-18(24)14-5-4-8-23-9-10-30(26,27)22-17(14)23/h4-5,8,12H,3,6-7,9-11H2,1-2H3,(H,21,24)/t12-/m1/s1. The second-order valence-electron chi connectivity index (χ2n) is 7.55. The predicted molar refractivity (Wildman–Crippen MR) is 115 cm³/mol. The van der Waals surface area contributed by atoms with Crippen LogP contribution in [0.1, 0.15) is 41.1 Å². The van der Waals surface area contributed by atoms with E-state index < -0.39 is 21.9 Å². The molecule has 8 nitrogen and oxygen atoms in total. The first-order chi connectivity index (χ1) is 14.3. The highest BCUT2D eigenvalue weighted by Gasteiger charge is 2.33. The Hall–Kier alpha value is -2.46. The Balaban J connectivity index is 1.68. The maximum absolute atomic E-state index is 13.1. The molecule has 1 N–H and O–H groups in total. The Morgan fingerprint density at radius 2 is 2.20 bits per heavy atom. The summed E-state index contributed by atoms with van der Waals surface area (Å²) in [6.45, 7) is 4.39. The van der Waals surface area contributed by atoms with E-state index in [9.17, 15) is 18.0 Å². The molecule has 30 heavy (non-hydrogen) atoms. The summed E-state index contributed by atoms with van der Waals surface area (Å²) in [7, 11) is -3.61. The fourth-order valence-electron chi connectivity index (χ4n) is 3.82. The Labute approximate surface area is 179 Å². The van der Waals surface area contributed by atoms with Gasteiger partial charge in [-0.2, -0.15) is 0 Å². The normalized spacial score (nSPS) is 21.8. The molecule has 0 unspecified atom stereocenters. The van der Waals surface area contributed by atoms with E-state index in [-0.39, 0.29) is 30.3 Å². The summed E-state index contributed by atoms with van der Waals surface area (Å²) in [5.74, 6) is -0.433. The van der Waals surface area contributed by atoms with Gasteiger partial charge in [0.1, 0.15) is 5.00 Å². The van der Waals surface area contributed by atoms with Crippen LogP contribution in [-0.4, -0.2) is 49.9 Å². The number of sulfonamides is 1. The van der Waals surface area contributed by atoms with Gasteiger partial charge in [0, 0.05) is 17.6 Å². The number of anilines is 1. The number of amides is 1. The highest BCUT2D eigenvalue weighted by Crippen LogP contribution is 2.40. The lowest BCUT2D eigenvalue weighted by Crippen LogP contribution is -2.40. The molecule has 1 aromatic heterocycles. The lowest BCUT2D eigenvalue weighted by Gasteiger charge is -2.28. The predicted octanol–water partition coefficient (Wildman–Crippen LogP) is 2.49. The summed E-state index contributed by atoms with van der Waals surface area (Å²) in [4.78, 5) is 28.5. The molecular weight excluding hydrogens is 426 g/mol. The van der Waals surface area contributed by atoms with Gasteiger partial charge in [-0.1, -0.05) is 6.92 Å². The molecule has 1 amide bonds. The molecule has 3 heterocycles. The second-order valence-corrected chi connectivity index (χ2v) is 10.4. The van der Waals surface area contributed by atoms with E-state index in [2.05, 4.69) is 16.6 Å². The molecule has 0 saturated carbocycles. The van der Waals surface area contributed by atoms with Gasteiger partial charge in [0.25, 0.3) is 15.9 Å². The number of rotatable bonds is 4. The lowest BCUT2D eigenvalue weighted by molar-refractivity contribution is -0.112. The van der Waals surface area contributed by atoms with Crippen LogP contribution >= 0.6 is 11.3 Å². The van der Waals surface area contributed by atoms with Crippen molar-refractivity contribution < 1.29 is 22.7 Å². The van der Waals surface area contributed by atoms with Crippen molar-refractivity contribution in [3.8, 4) is 0 Å². The van der Waals surface area contributed by atoms with Crippen molar-refractivity contribution in [1.29, 1.82) is 0 Å². The fourth-order valence-corrected chi connectivity index (χ4v) is 6.20. The minimum atomic E-state index is -3.61. The van der Waals surface area contributed by atoms with Crippen LogP contribution in [-0.2, 0) is 32.4 Å². The van der Waals surface area contributed by atoms with Crippen molar-refractivity contribution in [2.45, 2.75) is 33.1 Å². The van der Waals surface area contributed by atoms with E-state index in [0.717, 1.165) is 29.7 Å². The zero-order valence-corrected chi connectivity index (χ0v) is 18.4. The number of fused-ring (bicyclic) bond motifs is 2. The Bertz CT molecular complexity index is 1100. The molecule has 1 atom stereocenters. The van der Waals surface area contributed by atoms with E-state index in [1.807, 2.05) is 0 Å². The lowest BCUT2D eigenvalue weighted by atomic mass is 9.88. The number of thiophene rings is 1. The number of ether oxygens (including phenoxy) is 1. The number of amidine groups is 1. The van der Waals surface area contributed by atoms with E-state index in [1.54, 1.807) is 24.1 Å². The van der Waals surface area contributed by atoms with Crippen LogP contribution in [0, 0.1) is 5.92 Å². The number of nitrogens with zero attached hydrogens (tertiary/aromatic N) is 2. The van der Waals surface area contributed by atoms with Crippen LogP contribution < -0.4 is 5.32 Å². The quantitative estimate of drug-likeness (QED) is 0.708. The van der Waals surface area contributed by atoms with E-state index in [0.29, 0.717) is 16.5 Å². The maximum Gasteiger partial charge on any atom is 0.341 e. The van der Waals surface area contributed by atoms with Gasteiger partial charge in [0.2, 0.25) is 0 Å². The Morgan fingerprint density at radius 3 is 2.97 bits per heavy atom. The number of allylic oxidation sites excluding steroid dienone is 2. The van der Waals surface area contributed by atoms with Gasteiger partial charge in [0.05, 0.1) is 23.5 Å². The third-order valence-electron chi connectivity index (χ3n) is 5.32. The molecule has 0 saturated heterocycles. The smallest absolute Gasteiger partial charge is 0.341 e. The zero-order chi connectivity index (χ0) is 21.5. The molecular formula is C20H23N3O5S2. The molecule has 0 spiro atoms. The zero-order valence-electron chi connectivity index (χ0n) is 16.8. The summed E-state index contributed by atoms with van der Waals surface area (Å²) in [5.41, 5.74) is 1.51. The fraction of sp³-hybridized carbons (Fsp3) is 0.450. The van der Waals surface area contributed by atoms with Crippen LogP contribution in [0.4, 0.5) is 5.00 Å². The number of nitrogens with one attached hydrogen (secondary N) is 1. The number of carbonyl (C=O) groups is 2. The molecule has 4 rings (SSSR count). The Morgan fingerprint density at radius 1 is 1.40 bits per heavy atom. The van der Waals surface area contributed by atoms with Gasteiger partial charge in [-0.05, 0) is 49.8 Å². The average Bonchev–Trinajstić information content (AvgIpc) is 3.03. The van der Waals surface area contributed by atoms with Crippen molar-refractivity contribution in [2.75, 3.05) is 24.2 Å². The van der Waals surface area contributed by atoms with Crippen molar-refractivity contribution in [1.82, 2.24) is 4.90 Å². The van der Waals surface area contributed by atoms with Crippen LogP contribution in [0.5, 0.6) is 0 Å². The van der Waals surface area contributed by atoms with Crippen molar-refractivity contribution in [2.24, 2.45) is 10.3 Å². The molecule has 3 aliphatic rings.